The van der Waals surface area contributed by atoms with E-state index >= 15 is 0 Å². The van der Waals surface area contributed by atoms with Crippen LogP contribution in [0.5, 0.6) is 0 Å². The van der Waals surface area contributed by atoms with Gasteiger partial charge in [-0.25, -0.2) is 9.78 Å². The molecule has 0 saturated carbocycles. The van der Waals surface area contributed by atoms with Crippen LogP contribution in [0.4, 0.5) is 5.13 Å². The molecule has 2 aliphatic rings. The number of oxime groups is 1. The molecule has 0 radical (unpaired) electrons. The second-order valence-corrected chi connectivity index (χ2v) is 10.4. The number of amides is 2. The second kappa shape index (κ2) is 12.3. The quantitative estimate of drug-likeness (QED) is 0.0967. The average molecular weight is 562 g/mol. The number of nitrogens with one attached hydrogen (secondary N) is 1. The number of anilines is 1. The first kappa shape index (κ1) is 27.5. The number of carbonyl (C=O) groups excluding carboxylic acids is 4. The fourth-order valence-corrected chi connectivity index (χ4v) is 5.96. The molecule has 0 aromatic carbocycles. The number of unbranched alkanes of at least 4 members (excludes halogenated alkanes) is 2. The van der Waals surface area contributed by atoms with E-state index in [-0.39, 0.29) is 39.4 Å². The van der Waals surface area contributed by atoms with Gasteiger partial charge in [0.05, 0.1) is 21.6 Å². The summed E-state index contributed by atoms with van der Waals surface area (Å²) in [5, 5.41) is 6.53. The maximum Gasteiger partial charge on any atom is 0.359 e. The molecule has 36 heavy (non-hydrogen) atoms. The molecule has 3 atom stereocenters. The Kier molecular flexibility index (Phi) is 9.39. The molecule has 2 aliphatic heterocycles. The van der Waals surface area contributed by atoms with Crippen molar-refractivity contribution in [2.75, 3.05) is 25.4 Å². The summed E-state index contributed by atoms with van der Waals surface area (Å²) in [4.78, 5) is 59.6. The predicted molar refractivity (Wildman–Crippen MR) is 130 cm³/mol. The number of esters is 2. The van der Waals surface area contributed by atoms with Gasteiger partial charge < -0.3 is 25.4 Å². The highest BCUT2D eigenvalue weighted by Crippen LogP contribution is 2.36. The van der Waals surface area contributed by atoms with Gasteiger partial charge >= 0.3 is 11.9 Å². The lowest BCUT2D eigenvalue weighted by molar-refractivity contribution is -0.168. The van der Waals surface area contributed by atoms with Crippen molar-refractivity contribution >= 4 is 68.3 Å². The number of hydrogen-bond donors (Lipinski definition) is 2. The summed E-state index contributed by atoms with van der Waals surface area (Å²) in [6.07, 6.45) is 2.63. The van der Waals surface area contributed by atoms with Crippen LogP contribution in [0, 0.1) is 0 Å². The van der Waals surface area contributed by atoms with Gasteiger partial charge in [0.1, 0.15) is 29.9 Å². The monoisotopic (exact) mass is 561 g/mol. The van der Waals surface area contributed by atoms with Gasteiger partial charge in [-0.1, -0.05) is 36.5 Å². The zero-order valence-corrected chi connectivity index (χ0v) is 21.7. The van der Waals surface area contributed by atoms with Gasteiger partial charge in [0, 0.05) is 11.8 Å². The smallest absolute Gasteiger partial charge is 0.359 e. The van der Waals surface area contributed by atoms with Crippen LogP contribution in [0.15, 0.2) is 21.3 Å². The zero-order valence-electron chi connectivity index (χ0n) is 19.4. The van der Waals surface area contributed by atoms with E-state index in [1.807, 2.05) is 6.92 Å². The van der Waals surface area contributed by atoms with Gasteiger partial charge in [-0.2, -0.15) is 0 Å². The van der Waals surface area contributed by atoms with Gasteiger partial charge in [-0.15, -0.1) is 11.3 Å². The molecule has 0 bridgehead atoms. The van der Waals surface area contributed by atoms with Crippen molar-refractivity contribution in [2.24, 2.45) is 5.16 Å². The minimum absolute atomic E-state index is 0.127. The number of nitrogens with two attached hydrogens (primary N) is 1. The number of halogens is 1. The molecule has 1 aromatic heterocycles. The molecule has 0 aliphatic carbocycles. The molecular weight excluding hydrogens is 538 g/mol. The number of thiazole rings is 1. The van der Waals surface area contributed by atoms with Crippen molar-refractivity contribution in [3.05, 3.63) is 21.8 Å². The van der Waals surface area contributed by atoms with Crippen molar-refractivity contribution in [2.45, 2.75) is 44.0 Å². The zero-order chi connectivity index (χ0) is 26.4. The molecule has 2 amide bonds. The van der Waals surface area contributed by atoms with Gasteiger partial charge in [0.2, 0.25) is 6.79 Å². The lowest BCUT2D eigenvalue weighted by atomic mass is 10.0. The fraction of sp³-hybridized carbons (Fsp3) is 0.500. The molecule has 1 fully saturated rings. The van der Waals surface area contributed by atoms with Gasteiger partial charge in [-0.05, 0) is 6.42 Å². The van der Waals surface area contributed by atoms with Crippen LogP contribution in [0.25, 0.3) is 0 Å². The Balaban J connectivity index is 1.66. The van der Waals surface area contributed by atoms with Crippen LogP contribution >= 0.6 is 22.9 Å². The average Bonchev–Trinajstić information content (AvgIpc) is 3.26. The van der Waals surface area contributed by atoms with Crippen molar-refractivity contribution in [3.8, 4) is 0 Å². The maximum absolute atomic E-state index is 12.9. The van der Waals surface area contributed by atoms with Crippen LogP contribution in [-0.2, 0) is 44.3 Å². The number of ether oxygens (including phenoxy) is 2. The summed E-state index contributed by atoms with van der Waals surface area (Å²) in [6.45, 7) is 1.33. The first-order valence-corrected chi connectivity index (χ1v) is 13.4. The summed E-state index contributed by atoms with van der Waals surface area (Å²) in [7, 11) is -0.510. The van der Waals surface area contributed by atoms with Crippen molar-refractivity contribution in [1.29, 1.82) is 0 Å². The Morgan fingerprint density at radius 1 is 1.36 bits per heavy atom. The highest BCUT2D eigenvalue weighted by molar-refractivity contribution is 7.86. The summed E-state index contributed by atoms with van der Waals surface area (Å²) in [6, 6.07) is -1.24. The lowest BCUT2D eigenvalue weighted by Crippen LogP contribution is -2.74. The number of carbonyl (C=O) groups is 4. The second-order valence-electron chi connectivity index (χ2n) is 7.55. The van der Waals surface area contributed by atoms with E-state index in [1.165, 1.54) is 12.5 Å². The van der Waals surface area contributed by atoms with Crippen molar-refractivity contribution in [1.82, 2.24) is 15.2 Å². The number of nitrogens with zero attached hydrogens (tertiary/aromatic N) is 3. The minimum Gasteiger partial charge on any atom is -0.428 e. The molecule has 196 valence electrons. The topological polar surface area (TPSA) is 180 Å². The first-order valence-electron chi connectivity index (χ1n) is 10.7. The van der Waals surface area contributed by atoms with Gasteiger partial charge in [-0.3, -0.25) is 23.5 Å². The number of aromatic nitrogens is 1. The van der Waals surface area contributed by atoms with E-state index in [9.17, 15) is 23.4 Å². The third-order valence-electron chi connectivity index (χ3n) is 5.12. The number of rotatable bonds is 11. The molecule has 1 saturated heterocycles. The summed E-state index contributed by atoms with van der Waals surface area (Å²) in [5.74, 6) is -3.36. The van der Waals surface area contributed by atoms with Crippen LogP contribution in [0.2, 0.25) is 0 Å². The van der Waals surface area contributed by atoms with E-state index in [1.54, 1.807) is 0 Å². The summed E-state index contributed by atoms with van der Waals surface area (Å²) in [5.41, 5.74) is 5.16. The first-order chi connectivity index (χ1) is 17.2. The molecule has 0 spiro atoms. The number of fused-ring (bicyclic) bond motifs is 1. The fourth-order valence-electron chi connectivity index (χ4n) is 3.43. The van der Waals surface area contributed by atoms with Crippen LogP contribution in [0.1, 0.15) is 38.3 Å². The summed E-state index contributed by atoms with van der Waals surface area (Å²) >= 11 is 7.20. The molecule has 3 N–H and O–H groups in total. The third-order valence-corrected chi connectivity index (χ3v) is 7.86. The number of β-lactam (4-membered cyclic amide) rings is 1. The van der Waals surface area contributed by atoms with Crippen LogP contribution in [-0.4, -0.2) is 74.6 Å². The number of hydrogen-bond acceptors (Lipinski definition) is 12. The molecule has 16 heteroatoms. The van der Waals surface area contributed by atoms with Crippen molar-refractivity contribution in [3.63, 3.8) is 0 Å². The Hall–Kier alpha value is -3.04. The summed E-state index contributed by atoms with van der Waals surface area (Å²) < 4.78 is 22.5. The van der Waals surface area contributed by atoms with Crippen molar-refractivity contribution < 1.29 is 37.7 Å². The molecule has 2 unspecified atom stereocenters. The van der Waals surface area contributed by atoms with Crippen LogP contribution in [0.3, 0.4) is 0 Å². The van der Waals surface area contributed by atoms with E-state index in [4.69, 9.17) is 31.6 Å². The predicted octanol–water partition coefficient (Wildman–Crippen LogP) is 0.566. The Morgan fingerprint density at radius 3 is 2.75 bits per heavy atom. The SMILES string of the molecule is CCCCCC(=O)OCOC(=O)C1=C(Cl)CS(=O)[C@@H]2C(NC(=O)/C(=N\OC)c3csc(N)n3)C(=O)N12. The lowest BCUT2D eigenvalue weighted by Gasteiger charge is -2.48. The third kappa shape index (κ3) is 6.02. The molecule has 3 heterocycles. The van der Waals surface area contributed by atoms with E-state index in [0.29, 0.717) is 6.42 Å². The maximum atomic E-state index is 12.9. The number of nitrogen functional groups attached to an aromatic ring is 1. The highest BCUT2D eigenvalue weighted by atomic mass is 35.5. The Bertz CT molecular complexity index is 1140. The van der Waals surface area contributed by atoms with Gasteiger partial charge in [0.15, 0.2) is 10.8 Å². The van der Waals surface area contributed by atoms with Crippen LogP contribution < -0.4 is 11.1 Å². The molecule has 3 rings (SSSR count). The highest BCUT2D eigenvalue weighted by Gasteiger charge is 2.57. The van der Waals surface area contributed by atoms with Gasteiger partial charge in [0.25, 0.3) is 11.8 Å². The molecule has 13 nitrogen and oxygen atoms in total. The normalized spacial score (nSPS) is 21.4. The minimum atomic E-state index is -1.74. The van der Waals surface area contributed by atoms with E-state index in [2.05, 4.69) is 15.5 Å². The Morgan fingerprint density at radius 2 is 2.11 bits per heavy atom. The Labute approximate surface area is 217 Å². The standard InChI is InChI=1S/C20H24ClN5O8S2/c1-3-4-5-6-12(27)33-9-34-19(30)15-10(21)8-36(31)18-14(17(29)26(15)18)24-16(28)13(25-32-2)11-7-35-20(22)23-11/h7,14,18H,3-6,8-9H2,1-2H3,(H2,22,23)(H,24,28)/b25-13-/t14?,18-,36?/m1/s1. The van der Waals surface area contributed by atoms with E-state index < -0.39 is 52.8 Å². The largest absolute Gasteiger partial charge is 0.428 e. The molecular formula is C20H24ClN5O8S2. The molecule has 1 aromatic rings. The van der Waals surface area contributed by atoms with E-state index in [0.717, 1.165) is 29.1 Å².